The molecule has 3 aromatic rings. The SMILES string of the molecule is C=CCn1c(=O)oc2ccc(C(=O)Nc3ccccc3F)cc21. The Kier molecular flexibility index (Phi) is 3.80. The van der Waals surface area contributed by atoms with Gasteiger partial charge in [0.25, 0.3) is 5.91 Å². The molecular formula is C17H13FN2O3. The van der Waals surface area contributed by atoms with Gasteiger partial charge in [0.1, 0.15) is 5.82 Å². The lowest BCUT2D eigenvalue weighted by atomic mass is 10.2. The molecule has 2 aromatic carbocycles. The average Bonchev–Trinajstić information content (AvgIpc) is 2.85. The minimum atomic E-state index is -0.522. The first kappa shape index (κ1) is 14.8. The van der Waals surface area contributed by atoms with Crippen molar-refractivity contribution in [3.05, 3.63) is 77.1 Å². The van der Waals surface area contributed by atoms with E-state index in [2.05, 4.69) is 11.9 Å². The van der Waals surface area contributed by atoms with Crippen LogP contribution in [0.5, 0.6) is 0 Å². The van der Waals surface area contributed by atoms with Gasteiger partial charge in [-0.05, 0) is 30.3 Å². The Bertz CT molecular complexity index is 956. The van der Waals surface area contributed by atoms with Crippen LogP contribution >= 0.6 is 0 Å². The molecule has 0 aliphatic heterocycles. The summed E-state index contributed by atoms with van der Waals surface area (Å²) in [5.41, 5.74) is 1.24. The molecule has 3 rings (SSSR count). The van der Waals surface area contributed by atoms with Crippen LogP contribution in [-0.4, -0.2) is 10.5 Å². The molecule has 0 atom stereocenters. The Morgan fingerprint density at radius 2 is 2.09 bits per heavy atom. The minimum Gasteiger partial charge on any atom is -0.408 e. The number of halogens is 1. The van der Waals surface area contributed by atoms with E-state index in [0.717, 1.165) is 0 Å². The number of anilines is 1. The van der Waals surface area contributed by atoms with Crippen LogP contribution in [-0.2, 0) is 6.54 Å². The molecule has 0 saturated carbocycles. The molecule has 1 N–H and O–H groups in total. The summed E-state index contributed by atoms with van der Waals surface area (Å²) in [4.78, 5) is 24.0. The molecule has 1 heterocycles. The molecule has 0 spiro atoms. The molecular weight excluding hydrogens is 299 g/mol. The second-order valence-electron chi connectivity index (χ2n) is 4.88. The quantitative estimate of drug-likeness (QED) is 0.753. The lowest BCUT2D eigenvalue weighted by molar-refractivity contribution is 0.102. The van der Waals surface area contributed by atoms with E-state index in [0.29, 0.717) is 16.7 Å². The molecule has 0 aliphatic carbocycles. The number of amides is 1. The average molecular weight is 312 g/mol. The Morgan fingerprint density at radius 3 is 2.83 bits per heavy atom. The van der Waals surface area contributed by atoms with Crippen LogP contribution < -0.4 is 11.1 Å². The van der Waals surface area contributed by atoms with Crippen molar-refractivity contribution in [2.75, 3.05) is 5.32 Å². The van der Waals surface area contributed by atoms with E-state index in [1.165, 1.54) is 41.0 Å². The highest BCUT2D eigenvalue weighted by Crippen LogP contribution is 2.18. The number of aromatic nitrogens is 1. The molecule has 116 valence electrons. The highest BCUT2D eigenvalue weighted by atomic mass is 19.1. The van der Waals surface area contributed by atoms with E-state index in [4.69, 9.17) is 4.42 Å². The molecule has 5 nitrogen and oxygen atoms in total. The van der Waals surface area contributed by atoms with E-state index >= 15 is 0 Å². The maximum absolute atomic E-state index is 13.6. The van der Waals surface area contributed by atoms with Crippen LogP contribution in [0.3, 0.4) is 0 Å². The van der Waals surface area contributed by atoms with Crippen LogP contribution in [0.4, 0.5) is 10.1 Å². The fourth-order valence-corrected chi connectivity index (χ4v) is 2.26. The number of carbonyl (C=O) groups excluding carboxylic acids is 1. The zero-order valence-electron chi connectivity index (χ0n) is 12.1. The summed E-state index contributed by atoms with van der Waals surface area (Å²) >= 11 is 0. The Hall–Kier alpha value is -3.15. The third kappa shape index (κ3) is 2.78. The molecule has 0 aliphatic rings. The molecule has 0 bridgehead atoms. The van der Waals surface area contributed by atoms with Gasteiger partial charge in [0.15, 0.2) is 5.58 Å². The van der Waals surface area contributed by atoms with Gasteiger partial charge in [-0.2, -0.15) is 0 Å². The zero-order valence-corrected chi connectivity index (χ0v) is 12.1. The minimum absolute atomic E-state index is 0.0910. The molecule has 1 aromatic heterocycles. The van der Waals surface area contributed by atoms with Crippen molar-refractivity contribution in [3.8, 4) is 0 Å². The first-order valence-corrected chi connectivity index (χ1v) is 6.90. The second kappa shape index (κ2) is 5.92. The molecule has 23 heavy (non-hydrogen) atoms. The fourth-order valence-electron chi connectivity index (χ4n) is 2.26. The molecule has 0 unspecified atom stereocenters. The summed E-state index contributed by atoms with van der Waals surface area (Å²) in [6.45, 7) is 3.85. The van der Waals surface area contributed by atoms with E-state index in [1.807, 2.05) is 0 Å². The summed E-state index contributed by atoms with van der Waals surface area (Å²) in [6, 6.07) is 10.5. The van der Waals surface area contributed by atoms with Crippen molar-refractivity contribution in [3.63, 3.8) is 0 Å². The number of hydrogen-bond donors (Lipinski definition) is 1. The third-order valence-corrected chi connectivity index (χ3v) is 3.36. The van der Waals surface area contributed by atoms with E-state index in [-0.39, 0.29) is 12.2 Å². The third-order valence-electron chi connectivity index (χ3n) is 3.36. The number of oxazole rings is 1. The number of carbonyl (C=O) groups is 1. The molecule has 0 fully saturated rings. The van der Waals surface area contributed by atoms with Crippen LogP contribution in [0.1, 0.15) is 10.4 Å². The highest BCUT2D eigenvalue weighted by Gasteiger charge is 2.13. The maximum atomic E-state index is 13.6. The summed E-state index contributed by atoms with van der Waals surface area (Å²) in [6.07, 6.45) is 1.56. The van der Waals surface area contributed by atoms with Crippen LogP contribution in [0, 0.1) is 5.82 Å². The lowest BCUT2D eigenvalue weighted by Crippen LogP contribution is -2.14. The van der Waals surface area contributed by atoms with E-state index in [1.54, 1.807) is 12.1 Å². The van der Waals surface area contributed by atoms with Gasteiger partial charge in [0, 0.05) is 12.1 Å². The summed E-state index contributed by atoms with van der Waals surface area (Å²) in [5, 5.41) is 2.50. The van der Waals surface area contributed by atoms with Gasteiger partial charge in [0.05, 0.1) is 11.2 Å². The van der Waals surface area contributed by atoms with Crippen molar-refractivity contribution in [2.45, 2.75) is 6.54 Å². The van der Waals surface area contributed by atoms with Gasteiger partial charge in [-0.3, -0.25) is 9.36 Å². The number of nitrogens with zero attached hydrogens (tertiary/aromatic N) is 1. The standard InChI is InChI=1S/C17H13FN2O3/c1-2-9-20-14-10-11(7-8-15(14)23-17(20)22)16(21)19-13-6-4-3-5-12(13)18/h2-8,10H,1,9H2,(H,19,21). The number of rotatable bonds is 4. The van der Waals surface area contributed by atoms with Crippen molar-refractivity contribution < 1.29 is 13.6 Å². The monoisotopic (exact) mass is 312 g/mol. The van der Waals surface area contributed by atoms with Gasteiger partial charge in [-0.15, -0.1) is 6.58 Å². The normalized spacial score (nSPS) is 10.7. The molecule has 1 amide bonds. The van der Waals surface area contributed by atoms with E-state index in [9.17, 15) is 14.0 Å². The highest BCUT2D eigenvalue weighted by molar-refractivity contribution is 6.05. The number of allylic oxidation sites excluding steroid dienone is 1. The van der Waals surface area contributed by atoms with Crippen molar-refractivity contribution >= 4 is 22.7 Å². The predicted octanol–water partition coefficient (Wildman–Crippen LogP) is 3.17. The topological polar surface area (TPSA) is 64.2 Å². The lowest BCUT2D eigenvalue weighted by Gasteiger charge is -2.06. The second-order valence-corrected chi connectivity index (χ2v) is 4.88. The largest absolute Gasteiger partial charge is 0.420 e. The predicted molar refractivity (Wildman–Crippen MR) is 85.0 cm³/mol. The Balaban J connectivity index is 1.98. The number of nitrogens with one attached hydrogen (secondary N) is 1. The first-order chi connectivity index (χ1) is 11.1. The number of fused-ring (bicyclic) bond motifs is 1. The maximum Gasteiger partial charge on any atom is 0.420 e. The van der Waals surface area contributed by atoms with Crippen molar-refractivity contribution in [1.29, 1.82) is 0 Å². The van der Waals surface area contributed by atoms with Crippen molar-refractivity contribution in [2.24, 2.45) is 0 Å². The summed E-state index contributed by atoms with van der Waals surface area (Å²) < 4.78 is 20.1. The van der Waals surface area contributed by atoms with E-state index < -0.39 is 17.5 Å². The summed E-state index contributed by atoms with van der Waals surface area (Å²) in [5.74, 6) is -1.52. The zero-order chi connectivity index (χ0) is 16.4. The van der Waals surface area contributed by atoms with Crippen LogP contribution in [0.15, 0.2) is 64.3 Å². The van der Waals surface area contributed by atoms with Gasteiger partial charge >= 0.3 is 5.76 Å². The van der Waals surface area contributed by atoms with Crippen LogP contribution in [0.2, 0.25) is 0 Å². The number of hydrogen-bond acceptors (Lipinski definition) is 3. The first-order valence-electron chi connectivity index (χ1n) is 6.90. The molecule has 0 radical (unpaired) electrons. The Morgan fingerprint density at radius 1 is 1.30 bits per heavy atom. The van der Waals surface area contributed by atoms with Crippen LogP contribution in [0.25, 0.3) is 11.1 Å². The summed E-state index contributed by atoms with van der Waals surface area (Å²) in [7, 11) is 0. The molecule has 0 saturated heterocycles. The number of benzene rings is 2. The number of para-hydroxylation sites is 1. The fraction of sp³-hybridized carbons (Fsp3) is 0.0588. The molecule has 6 heteroatoms. The van der Waals surface area contributed by atoms with Gasteiger partial charge in [-0.1, -0.05) is 18.2 Å². The van der Waals surface area contributed by atoms with Crippen molar-refractivity contribution in [1.82, 2.24) is 4.57 Å². The Labute approximate surface area is 130 Å². The van der Waals surface area contributed by atoms with Gasteiger partial charge in [0.2, 0.25) is 0 Å². The van der Waals surface area contributed by atoms with Gasteiger partial charge in [-0.25, -0.2) is 9.18 Å². The van der Waals surface area contributed by atoms with Gasteiger partial charge < -0.3 is 9.73 Å². The smallest absolute Gasteiger partial charge is 0.408 e.